The molecule has 8 heteroatoms. The Morgan fingerprint density at radius 3 is 2.15 bits per heavy atom. The normalized spacial score (nSPS) is 21.5. The number of nitrogens with two attached hydrogens (primary N) is 1. The highest BCUT2D eigenvalue weighted by Gasteiger charge is 2.27. The molecule has 2 heterocycles. The van der Waals surface area contributed by atoms with Gasteiger partial charge in [0.2, 0.25) is 0 Å². The summed E-state index contributed by atoms with van der Waals surface area (Å²) >= 11 is 0. The van der Waals surface area contributed by atoms with E-state index in [2.05, 4.69) is 28.6 Å². The smallest absolute Gasteiger partial charge is 0.410 e. The highest BCUT2D eigenvalue weighted by molar-refractivity contribution is 5.78. The molecule has 0 spiro atoms. The highest BCUT2D eigenvalue weighted by atomic mass is 16.6. The summed E-state index contributed by atoms with van der Waals surface area (Å²) in [6.45, 7) is 16.8. The van der Waals surface area contributed by atoms with Crippen LogP contribution in [0.3, 0.4) is 0 Å². The van der Waals surface area contributed by atoms with E-state index in [-0.39, 0.29) is 6.09 Å². The van der Waals surface area contributed by atoms with Crippen LogP contribution in [0.2, 0.25) is 0 Å². The number of piperazine rings is 1. The Morgan fingerprint density at radius 2 is 1.63 bits per heavy atom. The van der Waals surface area contributed by atoms with Gasteiger partial charge in [0, 0.05) is 45.3 Å². The zero-order chi connectivity index (χ0) is 20.0. The van der Waals surface area contributed by atoms with Gasteiger partial charge in [0.05, 0.1) is 19.8 Å². The minimum absolute atomic E-state index is 0.259. The van der Waals surface area contributed by atoms with Crippen LogP contribution >= 0.6 is 0 Å². The van der Waals surface area contributed by atoms with Gasteiger partial charge in [-0.05, 0) is 26.7 Å². The van der Waals surface area contributed by atoms with Crippen LogP contribution in [0.5, 0.6) is 0 Å². The molecule has 2 saturated heterocycles. The molecule has 0 aromatic heterocycles. The first-order valence-electron chi connectivity index (χ1n) is 10.0. The summed E-state index contributed by atoms with van der Waals surface area (Å²) in [5.41, 5.74) is 5.78. The van der Waals surface area contributed by atoms with Crippen LogP contribution in [0, 0.1) is 5.92 Å². The molecule has 1 atom stereocenters. The molecule has 156 valence electrons. The summed E-state index contributed by atoms with van der Waals surface area (Å²) in [5.74, 6) is 1.07. The minimum Gasteiger partial charge on any atom is -0.444 e. The lowest BCUT2D eigenvalue weighted by Crippen LogP contribution is -2.54. The second-order valence-corrected chi connectivity index (χ2v) is 8.61. The second kappa shape index (κ2) is 9.59. The number of aliphatic imine (C=N–C) groups is 1. The molecule has 2 fully saturated rings. The lowest BCUT2D eigenvalue weighted by molar-refractivity contribution is 0.00851. The van der Waals surface area contributed by atoms with Crippen molar-refractivity contribution in [2.75, 3.05) is 59.0 Å². The van der Waals surface area contributed by atoms with Crippen molar-refractivity contribution < 1.29 is 14.3 Å². The van der Waals surface area contributed by atoms with Gasteiger partial charge < -0.3 is 25.0 Å². The Hall–Kier alpha value is -1.54. The zero-order valence-corrected chi connectivity index (χ0v) is 17.6. The fraction of sp³-hybridized carbons (Fsp3) is 0.895. The van der Waals surface area contributed by atoms with E-state index >= 15 is 0 Å². The van der Waals surface area contributed by atoms with Crippen molar-refractivity contribution in [3.63, 3.8) is 0 Å². The Morgan fingerprint density at radius 1 is 1.07 bits per heavy atom. The molecule has 2 aliphatic heterocycles. The van der Waals surface area contributed by atoms with Crippen LogP contribution < -0.4 is 5.73 Å². The molecule has 1 unspecified atom stereocenters. The third-order valence-corrected chi connectivity index (χ3v) is 4.98. The SMILES string of the molecule is CC(C)C(CN=C(N)N1CCN(C(=O)OC(C)(C)C)CC1)N1CCOCC1. The first-order chi connectivity index (χ1) is 12.7. The van der Waals surface area contributed by atoms with E-state index in [1.54, 1.807) is 4.90 Å². The average molecular weight is 384 g/mol. The third kappa shape index (κ3) is 6.84. The van der Waals surface area contributed by atoms with Crippen molar-refractivity contribution in [1.29, 1.82) is 0 Å². The predicted octanol–water partition coefficient (Wildman–Crippen LogP) is 1.21. The Bertz CT molecular complexity index is 504. The maximum Gasteiger partial charge on any atom is 0.410 e. The molecule has 8 nitrogen and oxygen atoms in total. The Balaban J connectivity index is 1.84. The molecule has 0 bridgehead atoms. The van der Waals surface area contributed by atoms with Crippen molar-refractivity contribution in [1.82, 2.24) is 14.7 Å². The molecule has 0 saturated carbocycles. The number of rotatable bonds is 4. The van der Waals surface area contributed by atoms with Crippen LogP contribution in [0.25, 0.3) is 0 Å². The van der Waals surface area contributed by atoms with E-state index in [4.69, 9.17) is 15.2 Å². The van der Waals surface area contributed by atoms with E-state index < -0.39 is 5.60 Å². The van der Waals surface area contributed by atoms with Crippen molar-refractivity contribution in [3.8, 4) is 0 Å². The number of nitrogens with zero attached hydrogens (tertiary/aromatic N) is 4. The largest absolute Gasteiger partial charge is 0.444 e. The van der Waals surface area contributed by atoms with Gasteiger partial charge in [0.25, 0.3) is 0 Å². The van der Waals surface area contributed by atoms with Crippen LogP contribution in [0.4, 0.5) is 4.79 Å². The molecule has 0 aromatic carbocycles. The standard InChI is InChI=1S/C19H37N5O3/c1-15(2)16(22-10-12-26-13-11-22)14-21-17(20)23-6-8-24(9-7-23)18(25)27-19(3,4)5/h15-16H,6-14H2,1-5H3,(H2,20,21). The molecular weight excluding hydrogens is 346 g/mol. The number of carbonyl (C=O) groups excluding carboxylic acids is 1. The first-order valence-corrected chi connectivity index (χ1v) is 10.0. The van der Waals surface area contributed by atoms with Crippen LogP contribution in [-0.2, 0) is 9.47 Å². The first kappa shape index (κ1) is 21.8. The Kier molecular flexibility index (Phi) is 7.73. The van der Waals surface area contributed by atoms with E-state index in [9.17, 15) is 4.79 Å². The number of guanidine groups is 1. The van der Waals surface area contributed by atoms with E-state index in [1.165, 1.54) is 0 Å². The van der Waals surface area contributed by atoms with Gasteiger partial charge in [0.1, 0.15) is 5.60 Å². The molecule has 27 heavy (non-hydrogen) atoms. The fourth-order valence-electron chi connectivity index (χ4n) is 3.39. The maximum absolute atomic E-state index is 12.2. The number of hydrogen-bond donors (Lipinski definition) is 1. The van der Waals surface area contributed by atoms with Gasteiger partial charge in [-0.1, -0.05) is 13.8 Å². The van der Waals surface area contributed by atoms with E-state index in [1.807, 2.05) is 20.8 Å². The Labute approximate surface area is 163 Å². The molecule has 0 radical (unpaired) electrons. The lowest BCUT2D eigenvalue weighted by atomic mass is 10.0. The molecule has 2 N–H and O–H groups in total. The molecule has 0 aromatic rings. The van der Waals surface area contributed by atoms with Crippen LogP contribution in [0.15, 0.2) is 4.99 Å². The average Bonchev–Trinajstić information content (AvgIpc) is 2.61. The lowest BCUT2D eigenvalue weighted by Gasteiger charge is -2.37. The van der Waals surface area contributed by atoms with E-state index in [0.717, 1.165) is 26.3 Å². The predicted molar refractivity (Wildman–Crippen MR) is 107 cm³/mol. The van der Waals surface area contributed by atoms with Gasteiger partial charge in [0.15, 0.2) is 5.96 Å². The number of hydrogen-bond acceptors (Lipinski definition) is 5. The molecule has 2 rings (SSSR count). The third-order valence-electron chi connectivity index (χ3n) is 4.98. The fourth-order valence-corrected chi connectivity index (χ4v) is 3.39. The number of morpholine rings is 1. The summed E-state index contributed by atoms with van der Waals surface area (Å²) < 4.78 is 10.9. The number of amides is 1. The second-order valence-electron chi connectivity index (χ2n) is 8.61. The molecular formula is C19H37N5O3. The summed E-state index contributed by atoms with van der Waals surface area (Å²) in [6.07, 6.45) is -0.259. The summed E-state index contributed by atoms with van der Waals surface area (Å²) in [5, 5.41) is 0. The molecule has 1 amide bonds. The number of carbonyl (C=O) groups is 1. The van der Waals surface area contributed by atoms with Crippen LogP contribution in [-0.4, -0.2) is 97.4 Å². The maximum atomic E-state index is 12.2. The summed E-state index contributed by atoms with van der Waals surface area (Å²) in [6, 6.07) is 0.371. The monoisotopic (exact) mass is 383 g/mol. The van der Waals surface area contributed by atoms with Gasteiger partial charge in [-0.15, -0.1) is 0 Å². The highest BCUT2D eigenvalue weighted by Crippen LogP contribution is 2.14. The van der Waals surface area contributed by atoms with Crippen molar-refractivity contribution in [2.24, 2.45) is 16.6 Å². The quantitative estimate of drug-likeness (QED) is 0.580. The van der Waals surface area contributed by atoms with Crippen molar-refractivity contribution in [2.45, 2.75) is 46.3 Å². The van der Waals surface area contributed by atoms with E-state index in [0.29, 0.717) is 50.6 Å². The molecule has 0 aliphatic carbocycles. The zero-order valence-electron chi connectivity index (χ0n) is 17.6. The van der Waals surface area contributed by atoms with Crippen molar-refractivity contribution in [3.05, 3.63) is 0 Å². The van der Waals surface area contributed by atoms with Gasteiger partial charge in [-0.3, -0.25) is 9.89 Å². The minimum atomic E-state index is -0.472. The topological polar surface area (TPSA) is 83.6 Å². The number of ether oxygens (including phenoxy) is 2. The van der Waals surface area contributed by atoms with Gasteiger partial charge >= 0.3 is 6.09 Å². The van der Waals surface area contributed by atoms with Crippen LogP contribution in [0.1, 0.15) is 34.6 Å². The van der Waals surface area contributed by atoms with Crippen molar-refractivity contribution >= 4 is 12.1 Å². The summed E-state index contributed by atoms with van der Waals surface area (Å²) in [7, 11) is 0. The van der Waals surface area contributed by atoms with Gasteiger partial charge in [-0.25, -0.2) is 4.79 Å². The molecule has 2 aliphatic rings. The summed E-state index contributed by atoms with van der Waals surface area (Å²) in [4.78, 5) is 23.1. The van der Waals surface area contributed by atoms with Gasteiger partial charge in [-0.2, -0.15) is 0 Å².